The number of amides is 1. The van der Waals surface area contributed by atoms with Crippen molar-refractivity contribution in [2.45, 2.75) is 24.3 Å². The third kappa shape index (κ3) is 4.51. The minimum atomic E-state index is -3.65. The maximum absolute atomic E-state index is 13.2. The first-order valence-electron chi connectivity index (χ1n) is 9.94. The lowest BCUT2D eigenvalue weighted by Gasteiger charge is -2.31. The molecule has 1 atom stereocenters. The third-order valence-corrected chi connectivity index (χ3v) is 7.61. The fourth-order valence-corrected chi connectivity index (χ4v) is 5.47. The van der Waals surface area contributed by atoms with E-state index in [9.17, 15) is 13.2 Å². The average Bonchev–Trinajstić information content (AvgIpc) is 2.78. The molecule has 156 valence electrons. The average molecular weight is 443 g/mol. The SMILES string of the molecule is O=C(NCc1ccc(Cl)cc1)[C@H]1CCCN(S(=O)(=O)c2ccc3ccccc3c2)C1. The van der Waals surface area contributed by atoms with E-state index in [2.05, 4.69) is 5.32 Å². The summed E-state index contributed by atoms with van der Waals surface area (Å²) in [7, 11) is -3.65. The van der Waals surface area contributed by atoms with E-state index >= 15 is 0 Å². The monoisotopic (exact) mass is 442 g/mol. The molecule has 1 amide bonds. The molecule has 0 radical (unpaired) electrons. The summed E-state index contributed by atoms with van der Waals surface area (Å²) in [6.45, 7) is 1.02. The van der Waals surface area contributed by atoms with Gasteiger partial charge in [-0.2, -0.15) is 4.31 Å². The van der Waals surface area contributed by atoms with Gasteiger partial charge in [-0.25, -0.2) is 8.42 Å². The van der Waals surface area contributed by atoms with Crippen molar-refractivity contribution in [3.8, 4) is 0 Å². The first-order valence-corrected chi connectivity index (χ1v) is 11.8. The number of hydrogen-bond donors (Lipinski definition) is 1. The molecule has 0 saturated carbocycles. The van der Waals surface area contributed by atoms with Crippen LogP contribution in [0, 0.1) is 5.92 Å². The number of sulfonamides is 1. The number of piperidine rings is 1. The van der Waals surface area contributed by atoms with Gasteiger partial charge in [-0.1, -0.05) is 54.1 Å². The highest BCUT2D eigenvalue weighted by Crippen LogP contribution is 2.26. The fourth-order valence-electron chi connectivity index (χ4n) is 3.79. The Morgan fingerprint density at radius 1 is 1.03 bits per heavy atom. The van der Waals surface area contributed by atoms with Crippen LogP contribution in [-0.2, 0) is 21.4 Å². The molecule has 0 aliphatic carbocycles. The van der Waals surface area contributed by atoms with Gasteiger partial charge in [-0.3, -0.25) is 4.79 Å². The van der Waals surface area contributed by atoms with Gasteiger partial charge >= 0.3 is 0 Å². The topological polar surface area (TPSA) is 66.5 Å². The number of nitrogens with zero attached hydrogens (tertiary/aromatic N) is 1. The highest BCUT2D eigenvalue weighted by molar-refractivity contribution is 7.89. The zero-order valence-electron chi connectivity index (χ0n) is 16.4. The predicted octanol–water partition coefficient (Wildman–Crippen LogP) is 4.21. The van der Waals surface area contributed by atoms with Gasteiger partial charge < -0.3 is 5.32 Å². The Hall–Kier alpha value is -2.41. The van der Waals surface area contributed by atoms with Gasteiger partial charge in [0.25, 0.3) is 0 Å². The number of nitrogens with one attached hydrogen (secondary N) is 1. The lowest BCUT2D eigenvalue weighted by molar-refractivity contribution is -0.126. The Labute approximate surface area is 181 Å². The smallest absolute Gasteiger partial charge is 0.243 e. The molecule has 5 nitrogen and oxygen atoms in total. The van der Waals surface area contributed by atoms with Crippen LogP contribution in [0.5, 0.6) is 0 Å². The van der Waals surface area contributed by atoms with E-state index in [4.69, 9.17) is 11.6 Å². The molecule has 7 heteroatoms. The van der Waals surface area contributed by atoms with E-state index in [0.29, 0.717) is 31.0 Å². The van der Waals surface area contributed by atoms with E-state index in [-0.39, 0.29) is 23.3 Å². The Bertz CT molecular complexity index is 1160. The molecular formula is C23H23ClN2O3S. The lowest BCUT2D eigenvalue weighted by atomic mass is 9.99. The van der Waals surface area contributed by atoms with Gasteiger partial charge in [-0.05, 0) is 53.4 Å². The van der Waals surface area contributed by atoms with Crippen LogP contribution < -0.4 is 5.32 Å². The molecule has 1 N–H and O–H groups in total. The van der Waals surface area contributed by atoms with Crippen LogP contribution in [0.1, 0.15) is 18.4 Å². The molecule has 4 rings (SSSR count). The Kier molecular flexibility index (Phi) is 6.09. The normalized spacial score (nSPS) is 17.7. The molecule has 1 aliphatic rings. The van der Waals surface area contributed by atoms with Crippen molar-refractivity contribution in [2.75, 3.05) is 13.1 Å². The van der Waals surface area contributed by atoms with Crippen LogP contribution in [0.4, 0.5) is 0 Å². The number of halogens is 1. The number of rotatable bonds is 5. The minimum absolute atomic E-state index is 0.122. The molecule has 1 heterocycles. The first kappa shape index (κ1) is 20.8. The van der Waals surface area contributed by atoms with Gasteiger partial charge in [0.1, 0.15) is 0 Å². The van der Waals surface area contributed by atoms with Crippen molar-refractivity contribution in [1.29, 1.82) is 0 Å². The van der Waals surface area contributed by atoms with Crippen LogP contribution in [-0.4, -0.2) is 31.7 Å². The summed E-state index contributed by atoms with van der Waals surface area (Å²) in [5, 5.41) is 5.44. The predicted molar refractivity (Wildman–Crippen MR) is 119 cm³/mol. The molecule has 1 saturated heterocycles. The summed E-state index contributed by atoms with van der Waals surface area (Å²) in [5.41, 5.74) is 0.948. The fraction of sp³-hybridized carbons (Fsp3) is 0.261. The Morgan fingerprint density at radius 2 is 1.77 bits per heavy atom. The zero-order chi connectivity index (χ0) is 21.1. The number of carbonyl (C=O) groups is 1. The van der Waals surface area contributed by atoms with Crippen molar-refractivity contribution in [2.24, 2.45) is 5.92 Å². The maximum Gasteiger partial charge on any atom is 0.243 e. The highest BCUT2D eigenvalue weighted by Gasteiger charge is 2.33. The van der Waals surface area contributed by atoms with Crippen molar-refractivity contribution < 1.29 is 13.2 Å². The van der Waals surface area contributed by atoms with Crippen molar-refractivity contribution in [3.05, 3.63) is 77.3 Å². The Balaban J connectivity index is 1.45. The second-order valence-corrected chi connectivity index (χ2v) is 9.93. The maximum atomic E-state index is 13.2. The molecule has 0 spiro atoms. The van der Waals surface area contributed by atoms with Gasteiger partial charge in [0, 0.05) is 24.7 Å². The van der Waals surface area contributed by atoms with Crippen molar-refractivity contribution in [1.82, 2.24) is 9.62 Å². The van der Waals surface area contributed by atoms with E-state index < -0.39 is 10.0 Å². The largest absolute Gasteiger partial charge is 0.352 e. The minimum Gasteiger partial charge on any atom is -0.352 e. The van der Waals surface area contributed by atoms with Crippen LogP contribution in [0.25, 0.3) is 10.8 Å². The van der Waals surface area contributed by atoms with Gasteiger partial charge in [-0.15, -0.1) is 0 Å². The summed E-state index contributed by atoms with van der Waals surface area (Å²) in [5.74, 6) is -0.482. The van der Waals surface area contributed by atoms with Gasteiger partial charge in [0.15, 0.2) is 0 Å². The molecular weight excluding hydrogens is 420 g/mol. The molecule has 0 aromatic heterocycles. The molecule has 3 aromatic carbocycles. The van der Waals surface area contributed by atoms with Crippen molar-refractivity contribution in [3.63, 3.8) is 0 Å². The summed E-state index contributed by atoms with van der Waals surface area (Å²) in [6, 6.07) is 20.1. The van der Waals surface area contributed by atoms with E-state index in [1.807, 2.05) is 42.5 Å². The van der Waals surface area contributed by atoms with Crippen molar-refractivity contribution >= 4 is 38.3 Å². The summed E-state index contributed by atoms with van der Waals surface area (Å²) >= 11 is 5.89. The summed E-state index contributed by atoms with van der Waals surface area (Å²) < 4.78 is 27.8. The quantitative estimate of drug-likeness (QED) is 0.643. The van der Waals surface area contributed by atoms with Crippen LogP contribution >= 0.6 is 11.6 Å². The second kappa shape index (κ2) is 8.76. The molecule has 0 bridgehead atoms. The van der Waals surface area contributed by atoms with Gasteiger partial charge in [0.2, 0.25) is 15.9 Å². The number of benzene rings is 3. The summed E-state index contributed by atoms with van der Waals surface area (Å²) in [4.78, 5) is 12.9. The molecule has 1 fully saturated rings. The van der Waals surface area contributed by atoms with Crippen LogP contribution in [0.15, 0.2) is 71.6 Å². The lowest BCUT2D eigenvalue weighted by Crippen LogP contribution is -2.45. The van der Waals surface area contributed by atoms with E-state index in [0.717, 1.165) is 16.3 Å². The standard InChI is InChI=1S/C23H23ClN2O3S/c24-21-10-7-17(8-11-21)15-25-23(27)20-6-3-13-26(16-20)30(28,29)22-12-9-18-4-1-2-5-19(18)14-22/h1-2,4-5,7-12,14,20H,3,6,13,15-16H2,(H,25,27)/t20-/m0/s1. The number of carbonyl (C=O) groups excluding carboxylic acids is 1. The van der Waals surface area contributed by atoms with E-state index in [1.165, 1.54) is 4.31 Å². The Morgan fingerprint density at radius 3 is 2.53 bits per heavy atom. The third-order valence-electron chi connectivity index (χ3n) is 5.49. The molecule has 30 heavy (non-hydrogen) atoms. The van der Waals surface area contributed by atoms with E-state index in [1.54, 1.807) is 24.3 Å². The highest BCUT2D eigenvalue weighted by atomic mass is 35.5. The van der Waals surface area contributed by atoms with Crippen LogP contribution in [0.3, 0.4) is 0 Å². The van der Waals surface area contributed by atoms with Crippen LogP contribution in [0.2, 0.25) is 5.02 Å². The van der Waals surface area contributed by atoms with Gasteiger partial charge in [0.05, 0.1) is 10.8 Å². The molecule has 1 aliphatic heterocycles. The number of hydrogen-bond acceptors (Lipinski definition) is 3. The number of fused-ring (bicyclic) bond motifs is 1. The molecule has 0 unspecified atom stereocenters. The zero-order valence-corrected chi connectivity index (χ0v) is 18.0. The summed E-state index contributed by atoms with van der Waals surface area (Å²) in [6.07, 6.45) is 1.34. The molecule has 3 aromatic rings. The first-order chi connectivity index (χ1) is 14.4. The second-order valence-electron chi connectivity index (χ2n) is 7.56.